The van der Waals surface area contributed by atoms with Gasteiger partial charge < -0.3 is 9.47 Å². The van der Waals surface area contributed by atoms with Crippen LogP contribution in [0.4, 0.5) is 10.8 Å². The molecule has 0 spiro atoms. The van der Waals surface area contributed by atoms with Crippen molar-refractivity contribution in [2.24, 2.45) is 0 Å². The topological polar surface area (TPSA) is 129 Å². The van der Waals surface area contributed by atoms with Crippen molar-refractivity contribution >= 4 is 39.4 Å². The number of methoxy groups -OCH3 is 1. The summed E-state index contributed by atoms with van der Waals surface area (Å²) in [6, 6.07) is 2.43. The van der Waals surface area contributed by atoms with Crippen molar-refractivity contribution in [3.05, 3.63) is 49.4 Å². The van der Waals surface area contributed by atoms with Crippen LogP contribution in [0, 0.1) is 10.1 Å². The molecule has 0 atom stereocenters. The lowest BCUT2D eigenvalue weighted by Crippen LogP contribution is -2.14. The number of anilines is 1. The lowest BCUT2D eigenvalue weighted by Gasteiger charge is -2.12. The van der Waals surface area contributed by atoms with Crippen LogP contribution < -0.4 is 14.8 Å². The fourth-order valence-electron chi connectivity index (χ4n) is 2.23. The molecular weight excluding hydrogens is 406 g/mol. The van der Waals surface area contributed by atoms with Crippen molar-refractivity contribution in [2.75, 3.05) is 12.4 Å². The molecule has 3 aromatic rings. The molecule has 0 aliphatic heterocycles. The normalized spacial score (nSPS) is 10.5. The third-order valence-electron chi connectivity index (χ3n) is 3.57. The molecule has 12 heteroatoms. The Morgan fingerprint density at radius 1 is 1.32 bits per heavy atom. The predicted molar refractivity (Wildman–Crippen MR) is 103 cm³/mol. The number of carbonyl (C=O) groups excluding carboxylic acids is 1. The number of carbonyl (C=O) groups is 1. The Bertz CT molecular complexity index is 989. The molecular formula is C16H15N5O5S2. The largest absolute Gasteiger partial charge is 0.493 e. The van der Waals surface area contributed by atoms with Crippen LogP contribution in [0.15, 0.2) is 23.0 Å². The molecule has 3 rings (SSSR count). The number of hydrogen-bond acceptors (Lipinski definition) is 10. The maximum atomic E-state index is 12.6. The van der Waals surface area contributed by atoms with E-state index in [1.165, 1.54) is 35.8 Å². The van der Waals surface area contributed by atoms with Crippen LogP contribution >= 0.6 is 22.7 Å². The number of nitro benzene ring substituents is 1. The maximum absolute atomic E-state index is 12.6. The van der Waals surface area contributed by atoms with Crippen molar-refractivity contribution in [3.63, 3.8) is 0 Å². The second-order valence-corrected chi connectivity index (χ2v) is 7.14. The van der Waals surface area contributed by atoms with E-state index < -0.39 is 16.5 Å². The van der Waals surface area contributed by atoms with Crippen molar-refractivity contribution in [3.8, 4) is 11.5 Å². The van der Waals surface area contributed by atoms with Crippen LogP contribution in [-0.2, 0) is 13.0 Å². The second kappa shape index (κ2) is 8.71. The molecule has 0 saturated heterocycles. The summed E-state index contributed by atoms with van der Waals surface area (Å²) in [7, 11) is 1.39. The first-order valence-electron chi connectivity index (χ1n) is 8.01. The zero-order valence-corrected chi connectivity index (χ0v) is 16.5. The van der Waals surface area contributed by atoms with Gasteiger partial charge in [-0.05, 0) is 6.42 Å². The average Bonchev–Trinajstić information content (AvgIpc) is 3.37. The van der Waals surface area contributed by atoms with Crippen LogP contribution in [-0.4, -0.2) is 33.1 Å². The van der Waals surface area contributed by atoms with Gasteiger partial charge in [0.05, 0.1) is 29.3 Å². The Labute approximate surface area is 167 Å². The van der Waals surface area contributed by atoms with E-state index >= 15 is 0 Å². The molecule has 1 aromatic carbocycles. The summed E-state index contributed by atoms with van der Waals surface area (Å²) in [5.74, 6) is -0.352. The van der Waals surface area contributed by atoms with E-state index in [2.05, 4.69) is 20.5 Å². The van der Waals surface area contributed by atoms with Gasteiger partial charge in [-0.2, -0.15) is 0 Å². The molecule has 10 nitrogen and oxygen atoms in total. The molecule has 0 radical (unpaired) electrons. The summed E-state index contributed by atoms with van der Waals surface area (Å²) >= 11 is 2.61. The number of rotatable bonds is 8. The van der Waals surface area contributed by atoms with Gasteiger partial charge in [0.15, 0.2) is 11.5 Å². The van der Waals surface area contributed by atoms with Gasteiger partial charge in [0.1, 0.15) is 17.2 Å². The van der Waals surface area contributed by atoms with Crippen molar-refractivity contribution in [1.82, 2.24) is 15.2 Å². The minimum atomic E-state index is -0.685. The summed E-state index contributed by atoms with van der Waals surface area (Å²) in [6.07, 6.45) is 0.673. The Morgan fingerprint density at radius 2 is 2.14 bits per heavy atom. The maximum Gasteiger partial charge on any atom is 0.286 e. The van der Waals surface area contributed by atoms with Gasteiger partial charge in [0.2, 0.25) is 5.13 Å². The smallest absolute Gasteiger partial charge is 0.286 e. The third-order valence-corrected chi connectivity index (χ3v) is 5.19. The monoisotopic (exact) mass is 421 g/mol. The van der Waals surface area contributed by atoms with Gasteiger partial charge in [-0.15, -0.1) is 21.5 Å². The highest BCUT2D eigenvalue weighted by atomic mass is 32.1. The first kappa shape index (κ1) is 19.6. The lowest BCUT2D eigenvalue weighted by atomic mass is 10.1. The Morgan fingerprint density at radius 3 is 2.75 bits per heavy atom. The van der Waals surface area contributed by atoms with Crippen LogP contribution in [0.3, 0.4) is 0 Å². The first-order chi connectivity index (χ1) is 13.5. The summed E-state index contributed by atoms with van der Waals surface area (Å²) in [6.45, 7) is 2.03. The molecule has 0 aliphatic rings. The Kier molecular flexibility index (Phi) is 6.11. The van der Waals surface area contributed by atoms with Crippen molar-refractivity contribution < 1.29 is 19.2 Å². The molecule has 1 N–H and O–H groups in total. The number of thiazole rings is 1. The van der Waals surface area contributed by atoms with Crippen LogP contribution in [0.1, 0.15) is 28.0 Å². The van der Waals surface area contributed by atoms with Crippen LogP contribution in [0.2, 0.25) is 0 Å². The highest BCUT2D eigenvalue weighted by Crippen LogP contribution is 2.35. The van der Waals surface area contributed by atoms with E-state index in [0.29, 0.717) is 12.1 Å². The van der Waals surface area contributed by atoms with Gasteiger partial charge in [0, 0.05) is 11.4 Å². The predicted octanol–water partition coefficient (Wildman–Crippen LogP) is 3.31. The minimum absolute atomic E-state index is 0.118. The molecule has 0 saturated carbocycles. The summed E-state index contributed by atoms with van der Waals surface area (Å²) in [4.78, 5) is 27.5. The van der Waals surface area contributed by atoms with Gasteiger partial charge in [-0.25, -0.2) is 4.98 Å². The highest BCUT2D eigenvalue weighted by molar-refractivity contribution is 7.15. The quantitative estimate of drug-likeness (QED) is 0.433. The first-order valence-corrected chi connectivity index (χ1v) is 9.77. The standard InChI is InChI=1S/C16H15N5O5S2/c1-3-14-19-20-16(28-14)18-15(22)10-4-12(25-2)13(5-11(10)21(23)24)26-6-9-7-27-8-17-9/h4-5,7-8H,3,6H2,1-2H3,(H,18,20,22). The Hall–Kier alpha value is -3.12. The Balaban J connectivity index is 1.88. The van der Waals surface area contributed by atoms with Gasteiger partial charge in [-0.1, -0.05) is 18.3 Å². The molecule has 0 unspecified atom stereocenters. The van der Waals surface area contributed by atoms with Crippen molar-refractivity contribution in [2.45, 2.75) is 20.0 Å². The molecule has 2 aromatic heterocycles. The van der Waals surface area contributed by atoms with E-state index in [1.807, 2.05) is 6.92 Å². The van der Waals surface area contributed by atoms with Crippen molar-refractivity contribution in [1.29, 1.82) is 0 Å². The van der Waals surface area contributed by atoms with Crippen LogP contribution in [0.25, 0.3) is 0 Å². The molecule has 0 fully saturated rings. The average molecular weight is 421 g/mol. The zero-order chi connectivity index (χ0) is 20.1. The zero-order valence-electron chi connectivity index (χ0n) is 14.9. The highest BCUT2D eigenvalue weighted by Gasteiger charge is 2.25. The van der Waals surface area contributed by atoms with Gasteiger partial charge in [0.25, 0.3) is 11.6 Å². The number of nitrogens with zero attached hydrogens (tertiary/aromatic N) is 4. The van der Waals surface area contributed by atoms with E-state index in [4.69, 9.17) is 9.47 Å². The molecule has 1 amide bonds. The molecule has 146 valence electrons. The number of amides is 1. The number of nitro groups is 1. The summed E-state index contributed by atoms with van der Waals surface area (Å²) < 4.78 is 10.8. The molecule has 0 aliphatic carbocycles. The number of nitrogens with one attached hydrogen (secondary N) is 1. The number of aromatic nitrogens is 3. The number of hydrogen-bond donors (Lipinski definition) is 1. The third kappa shape index (κ3) is 4.40. The van der Waals surface area contributed by atoms with E-state index in [-0.39, 0.29) is 28.8 Å². The number of benzene rings is 1. The SMILES string of the molecule is CCc1nnc(NC(=O)c2cc(OC)c(OCc3cscn3)cc2[N+](=O)[O-])s1. The fraction of sp³-hybridized carbons (Fsp3) is 0.250. The molecule has 2 heterocycles. The van der Waals surface area contributed by atoms with Gasteiger partial charge >= 0.3 is 0 Å². The number of aryl methyl sites for hydroxylation is 1. The molecule has 28 heavy (non-hydrogen) atoms. The summed E-state index contributed by atoms with van der Waals surface area (Å²) in [5, 5.41) is 24.6. The molecule has 0 bridgehead atoms. The number of ether oxygens (including phenoxy) is 2. The lowest BCUT2D eigenvalue weighted by molar-refractivity contribution is -0.385. The van der Waals surface area contributed by atoms with E-state index in [1.54, 1.807) is 10.9 Å². The fourth-order valence-corrected chi connectivity index (χ4v) is 3.44. The minimum Gasteiger partial charge on any atom is -0.493 e. The van der Waals surface area contributed by atoms with E-state index in [9.17, 15) is 14.9 Å². The van der Waals surface area contributed by atoms with Crippen LogP contribution in [0.5, 0.6) is 11.5 Å². The summed E-state index contributed by atoms with van der Waals surface area (Å²) in [5.41, 5.74) is 1.76. The van der Waals surface area contributed by atoms with E-state index in [0.717, 1.165) is 11.1 Å². The van der Waals surface area contributed by atoms with Gasteiger partial charge in [-0.3, -0.25) is 20.2 Å². The second-order valence-electron chi connectivity index (χ2n) is 5.35.